The fourth-order valence-corrected chi connectivity index (χ4v) is 4.16. The van der Waals surface area contributed by atoms with E-state index in [-0.39, 0.29) is 23.6 Å². The standard InChI is InChI=1S/C27H27ClN4O5/c1-16(2)37-27(35)25(33)15-22(29-26(34)20-10-11-23-24(14-20)32(36)31-30-23)12-17-6-8-18(9-7-17)19-4-3-5-21(28)13-19/h3-11,13-14,16,22,25,33,36H,12,15H2,1-2H3,(H,29,34)/t22?,25-/m1/s1. The van der Waals surface area contributed by atoms with Crippen LogP contribution in [-0.2, 0) is 16.0 Å². The van der Waals surface area contributed by atoms with Gasteiger partial charge in [0.25, 0.3) is 5.91 Å². The Morgan fingerprint density at radius 1 is 1.05 bits per heavy atom. The molecule has 0 radical (unpaired) electrons. The van der Waals surface area contributed by atoms with Gasteiger partial charge in [-0.25, -0.2) is 4.79 Å². The van der Waals surface area contributed by atoms with Crippen LogP contribution in [0.3, 0.4) is 0 Å². The van der Waals surface area contributed by atoms with Crippen molar-refractivity contribution < 1.29 is 24.6 Å². The topological polar surface area (TPSA) is 127 Å². The highest BCUT2D eigenvalue weighted by molar-refractivity contribution is 6.30. The molecule has 0 saturated carbocycles. The van der Waals surface area contributed by atoms with Crippen LogP contribution in [0, 0.1) is 0 Å². The van der Waals surface area contributed by atoms with Crippen molar-refractivity contribution >= 4 is 34.5 Å². The van der Waals surface area contributed by atoms with E-state index in [0.29, 0.717) is 21.8 Å². The number of hydrogen-bond acceptors (Lipinski definition) is 7. The van der Waals surface area contributed by atoms with E-state index in [4.69, 9.17) is 16.3 Å². The van der Waals surface area contributed by atoms with Crippen LogP contribution in [0.5, 0.6) is 0 Å². The minimum atomic E-state index is -1.41. The summed E-state index contributed by atoms with van der Waals surface area (Å²) in [5.74, 6) is -1.18. The number of halogens is 1. The van der Waals surface area contributed by atoms with Gasteiger partial charge in [0, 0.05) is 23.0 Å². The fraction of sp³-hybridized carbons (Fsp3) is 0.259. The lowest BCUT2D eigenvalue weighted by atomic mass is 9.97. The predicted molar refractivity (Wildman–Crippen MR) is 138 cm³/mol. The average molecular weight is 523 g/mol. The molecule has 10 heteroatoms. The molecular weight excluding hydrogens is 496 g/mol. The number of nitrogens with zero attached hydrogens (tertiary/aromatic N) is 3. The van der Waals surface area contributed by atoms with E-state index in [0.717, 1.165) is 16.7 Å². The predicted octanol–water partition coefficient (Wildman–Crippen LogP) is 4.03. The van der Waals surface area contributed by atoms with Gasteiger partial charge in [-0.3, -0.25) is 4.79 Å². The number of ether oxygens (including phenoxy) is 1. The van der Waals surface area contributed by atoms with E-state index in [1.54, 1.807) is 26.0 Å². The molecule has 3 aromatic carbocycles. The van der Waals surface area contributed by atoms with Gasteiger partial charge >= 0.3 is 5.97 Å². The Morgan fingerprint density at radius 3 is 2.51 bits per heavy atom. The molecule has 1 amide bonds. The third-order valence-electron chi connectivity index (χ3n) is 5.75. The van der Waals surface area contributed by atoms with Crippen LogP contribution in [0.2, 0.25) is 5.02 Å². The zero-order valence-corrected chi connectivity index (χ0v) is 21.1. The van der Waals surface area contributed by atoms with Crippen LogP contribution < -0.4 is 5.32 Å². The van der Waals surface area contributed by atoms with Gasteiger partial charge in [0.2, 0.25) is 0 Å². The van der Waals surface area contributed by atoms with E-state index in [9.17, 15) is 19.9 Å². The zero-order valence-electron chi connectivity index (χ0n) is 20.3. The second kappa shape index (κ2) is 11.4. The quantitative estimate of drug-likeness (QED) is 0.224. The van der Waals surface area contributed by atoms with Crippen molar-refractivity contribution in [2.45, 2.75) is 44.9 Å². The first-order chi connectivity index (χ1) is 17.7. The lowest BCUT2D eigenvalue weighted by molar-refractivity contribution is -0.158. The molecule has 3 N–H and O–H groups in total. The van der Waals surface area contributed by atoms with Gasteiger partial charge in [-0.05, 0) is 72.5 Å². The Labute approximate surface area is 218 Å². The van der Waals surface area contributed by atoms with Crippen molar-refractivity contribution in [2.75, 3.05) is 0 Å². The molecule has 4 rings (SSSR count). The second-order valence-electron chi connectivity index (χ2n) is 9.00. The second-order valence-corrected chi connectivity index (χ2v) is 9.44. The summed E-state index contributed by atoms with van der Waals surface area (Å²) in [4.78, 5) is 25.9. The van der Waals surface area contributed by atoms with Crippen molar-refractivity contribution in [3.05, 3.63) is 82.9 Å². The maximum absolute atomic E-state index is 13.1. The van der Waals surface area contributed by atoms with Crippen molar-refractivity contribution in [3.63, 3.8) is 0 Å². The molecule has 1 heterocycles. The molecule has 4 aromatic rings. The van der Waals surface area contributed by atoms with E-state index in [1.165, 1.54) is 6.07 Å². The molecule has 1 aromatic heterocycles. The van der Waals surface area contributed by atoms with Crippen LogP contribution in [-0.4, -0.2) is 55.6 Å². The number of hydrogen-bond donors (Lipinski definition) is 3. The lowest BCUT2D eigenvalue weighted by Crippen LogP contribution is -2.41. The Bertz CT molecular complexity index is 1400. The van der Waals surface area contributed by atoms with Crippen LogP contribution in [0.15, 0.2) is 66.7 Å². The molecule has 0 fully saturated rings. The normalized spacial score (nSPS) is 12.9. The number of amides is 1. The average Bonchev–Trinajstić information content (AvgIpc) is 3.24. The molecule has 1 unspecified atom stereocenters. The summed E-state index contributed by atoms with van der Waals surface area (Å²) in [6.07, 6.45) is -1.48. The van der Waals surface area contributed by atoms with Crippen LogP contribution in [0.4, 0.5) is 0 Å². The Morgan fingerprint density at radius 2 is 1.81 bits per heavy atom. The molecular formula is C27H27ClN4O5. The molecule has 37 heavy (non-hydrogen) atoms. The van der Waals surface area contributed by atoms with Crippen molar-refractivity contribution in [1.82, 2.24) is 20.5 Å². The number of fused-ring (bicyclic) bond motifs is 1. The summed E-state index contributed by atoms with van der Waals surface area (Å²) < 4.78 is 5.12. The number of carbonyl (C=O) groups is 2. The lowest BCUT2D eigenvalue weighted by Gasteiger charge is -2.22. The SMILES string of the molecule is CC(C)OC(=O)[C@H](O)CC(Cc1ccc(-c2cccc(Cl)c2)cc1)NC(=O)c1ccc2nnn(O)c2c1. The van der Waals surface area contributed by atoms with Crippen LogP contribution in [0.25, 0.3) is 22.2 Å². The Kier molecular flexibility index (Phi) is 8.05. The molecule has 0 aliphatic rings. The van der Waals surface area contributed by atoms with Crippen molar-refractivity contribution in [3.8, 4) is 11.1 Å². The van der Waals surface area contributed by atoms with Crippen LogP contribution in [0.1, 0.15) is 36.2 Å². The number of aliphatic hydroxyl groups excluding tert-OH is 1. The summed E-state index contributed by atoms with van der Waals surface area (Å²) in [5.41, 5.74) is 3.83. The van der Waals surface area contributed by atoms with Crippen molar-refractivity contribution in [2.24, 2.45) is 0 Å². The third-order valence-corrected chi connectivity index (χ3v) is 5.99. The van der Waals surface area contributed by atoms with E-state index >= 15 is 0 Å². The molecule has 0 aliphatic heterocycles. The number of carbonyl (C=O) groups excluding carboxylic acids is 2. The highest BCUT2D eigenvalue weighted by atomic mass is 35.5. The molecule has 0 saturated heterocycles. The molecule has 0 aliphatic carbocycles. The van der Waals surface area contributed by atoms with Gasteiger partial charge < -0.3 is 20.4 Å². The number of aromatic nitrogens is 3. The highest BCUT2D eigenvalue weighted by Crippen LogP contribution is 2.24. The highest BCUT2D eigenvalue weighted by Gasteiger charge is 2.25. The number of esters is 1. The smallest absolute Gasteiger partial charge is 0.335 e. The third kappa shape index (κ3) is 6.63. The van der Waals surface area contributed by atoms with E-state index in [1.807, 2.05) is 48.5 Å². The minimum absolute atomic E-state index is 0.0466. The molecule has 9 nitrogen and oxygen atoms in total. The monoisotopic (exact) mass is 522 g/mol. The first kappa shape index (κ1) is 26.1. The van der Waals surface area contributed by atoms with Gasteiger partial charge in [0.1, 0.15) is 11.0 Å². The minimum Gasteiger partial charge on any atom is -0.461 e. The molecule has 0 spiro atoms. The summed E-state index contributed by atoms with van der Waals surface area (Å²) >= 11 is 6.11. The molecule has 0 bridgehead atoms. The van der Waals surface area contributed by atoms with Gasteiger partial charge in [0.15, 0.2) is 6.10 Å². The fourth-order valence-electron chi connectivity index (χ4n) is 3.97. The molecule has 2 atom stereocenters. The van der Waals surface area contributed by atoms with Gasteiger partial charge in [-0.1, -0.05) is 52.8 Å². The first-order valence-electron chi connectivity index (χ1n) is 11.8. The van der Waals surface area contributed by atoms with Gasteiger partial charge in [0.05, 0.1) is 6.10 Å². The summed E-state index contributed by atoms with van der Waals surface area (Å²) in [7, 11) is 0. The van der Waals surface area contributed by atoms with Crippen LogP contribution >= 0.6 is 11.6 Å². The van der Waals surface area contributed by atoms with Gasteiger partial charge in [-0.2, -0.15) is 0 Å². The maximum atomic E-state index is 13.1. The maximum Gasteiger partial charge on any atom is 0.335 e. The zero-order chi connectivity index (χ0) is 26.5. The summed E-state index contributed by atoms with van der Waals surface area (Å²) in [5, 5.41) is 31.1. The van der Waals surface area contributed by atoms with Crippen molar-refractivity contribution in [1.29, 1.82) is 0 Å². The largest absolute Gasteiger partial charge is 0.461 e. The Hall–Kier alpha value is -3.95. The first-order valence-corrected chi connectivity index (χ1v) is 12.2. The number of nitrogens with one attached hydrogen (secondary N) is 1. The van der Waals surface area contributed by atoms with E-state index < -0.39 is 24.0 Å². The molecule has 192 valence electrons. The number of aliphatic hydroxyl groups is 1. The van der Waals surface area contributed by atoms with E-state index in [2.05, 4.69) is 15.6 Å². The number of benzene rings is 3. The number of rotatable bonds is 9. The van der Waals surface area contributed by atoms with Gasteiger partial charge in [-0.15, -0.1) is 5.10 Å². The summed E-state index contributed by atoms with van der Waals surface area (Å²) in [6.45, 7) is 3.39. The Balaban J connectivity index is 1.53. The summed E-state index contributed by atoms with van der Waals surface area (Å²) in [6, 6.07) is 19.3.